The van der Waals surface area contributed by atoms with Crippen LogP contribution >= 0.6 is 22.6 Å². The van der Waals surface area contributed by atoms with Gasteiger partial charge in [0.2, 0.25) is 0 Å². The van der Waals surface area contributed by atoms with E-state index in [0.29, 0.717) is 5.41 Å². The van der Waals surface area contributed by atoms with Crippen LogP contribution in [0.3, 0.4) is 0 Å². The summed E-state index contributed by atoms with van der Waals surface area (Å²) in [6.45, 7) is 4.11. The van der Waals surface area contributed by atoms with E-state index >= 15 is 0 Å². The Morgan fingerprint density at radius 1 is 1.32 bits per heavy atom. The molecule has 1 aromatic rings. The van der Waals surface area contributed by atoms with E-state index in [2.05, 4.69) is 39.3 Å². The monoisotopic (exact) mass is 376 g/mol. The Bertz CT molecular complexity index is 395. The lowest BCUT2D eigenvalue weighted by Crippen LogP contribution is -2.29. The van der Waals surface area contributed by atoms with Crippen LogP contribution in [-0.4, -0.2) is 23.5 Å². The molecule has 1 aliphatic rings. The lowest BCUT2D eigenvalue weighted by atomic mass is 9.77. The third kappa shape index (κ3) is 3.94. The Morgan fingerprint density at radius 2 is 2.00 bits per heavy atom. The van der Waals surface area contributed by atoms with Crippen LogP contribution in [0.2, 0.25) is 0 Å². The van der Waals surface area contributed by atoms with Gasteiger partial charge < -0.3 is 4.74 Å². The fraction of sp³-hybridized carbons (Fsp3) is 0.800. The molecule has 19 heavy (non-hydrogen) atoms. The normalized spacial score (nSPS) is 19.3. The number of hydrogen-bond donors (Lipinski definition) is 0. The van der Waals surface area contributed by atoms with Gasteiger partial charge in [-0.15, -0.1) is 0 Å². The van der Waals surface area contributed by atoms with E-state index in [-0.39, 0.29) is 0 Å². The van der Waals surface area contributed by atoms with Gasteiger partial charge in [0.1, 0.15) is 0 Å². The van der Waals surface area contributed by atoms with Crippen molar-refractivity contribution in [1.29, 1.82) is 0 Å². The Hall–Kier alpha value is -0.100. The minimum absolute atomic E-state index is 0.395. The summed E-state index contributed by atoms with van der Waals surface area (Å²) in [6, 6.07) is 0. The highest BCUT2D eigenvalue weighted by Gasteiger charge is 2.31. The van der Waals surface area contributed by atoms with Crippen LogP contribution in [0.5, 0.6) is 0 Å². The van der Waals surface area contributed by atoms with Crippen molar-refractivity contribution in [3.05, 3.63) is 15.5 Å². The number of nitrogens with zero attached hydrogens (tertiary/aromatic N) is 2. The quantitative estimate of drug-likeness (QED) is 0.570. The Labute approximate surface area is 130 Å². The molecule has 0 spiro atoms. The van der Waals surface area contributed by atoms with Crippen LogP contribution in [0.1, 0.15) is 50.6 Å². The molecule has 1 saturated carbocycles. The molecule has 2 rings (SSSR count). The molecule has 1 fully saturated rings. The summed E-state index contributed by atoms with van der Waals surface area (Å²) in [4.78, 5) is 0. The van der Waals surface area contributed by atoms with Crippen molar-refractivity contribution in [2.24, 2.45) is 5.41 Å². The molecule has 3 nitrogen and oxygen atoms in total. The first-order valence-corrected chi connectivity index (χ1v) is 8.42. The van der Waals surface area contributed by atoms with Gasteiger partial charge in [-0.05, 0) is 54.2 Å². The largest absolute Gasteiger partial charge is 0.385 e. The highest BCUT2D eigenvalue weighted by atomic mass is 127. The number of methoxy groups -OCH3 is 1. The highest BCUT2D eigenvalue weighted by molar-refractivity contribution is 14.1. The molecule has 0 aromatic carbocycles. The van der Waals surface area contributed by atoms with Gasteiger partial charge in [-0.1, -0.05) is 25.7 Å². The minimum Gasteiger partial charge on any atom is -0.385 e. The van der Waals surface area contributed by atoms with Gasteiger partial charge in [0, 0.05) is 26.0 Å². The summed E-state index contributed by atoms with van der Waals surface area (Å²) >= 11 is 2.37. The van der Waals surface area contributed by atoms with Crippen LogP contribution in [0, 0.1) is 15.9 Å². The van der Waals surface area contributed by atoms with Gasteiger partial charge in [0.25, 0.3) is 0 Å². The summed E-state index contributed by atoms with van der Waals surface area (Å²) in [6.07, 6.45) is 11.3. The fourth-order valence-corrected chi connectivity index (χ4v) is 3.59. The molecule has 4 heteroatoms. The molecule has 1 aliphatic carbocycles. The summed E-state index contributed by atoms with van der Waals surface area (Å²) in [5.41, 5.74) is 1.70. The Balaban J connectivity index is 2.14. The van der Waals surface area contributed by atoms with E-state index in [0.717, 1.165) is 13.2 Å². The number of halogens is 1. The molecule has 0 N–H and O–H groups in total. The zero-order valence-electron chi connectivity index (χ0n) is 12.1. The highest BCUT2D eigenvalue weighted by Crippen LogP contribution is 2.40. The molecule has 0 unspecified atom stereocenters. The number of hydrogen-bond acceptors (Lipinski definition) is 2. The van der Waals surface area contributed by atoms with Gasteiger partial charge in [-0.25, -0.2) is 0 Å². The molecule has 0 saturated heterocycles. The van der Waals surface area contributed by atoms with Crippen LogP contribution in [-0.2, 0) is 11.3 Å². The van der Waals surface area contributed by atoms with Gasteiger partial charge in [0.15, 0.2) is 0 Å². The third-order valence-corrected chi connectivity index (χ3v) is 5.59. The molecule has 0 bridgehead atoms. The summed E-state index contributed by atoms with van der Waals surface area (Å²) in [5, 5.41) is 4.56. The van der Waals surface area contributed by atoms with E-state index in [1.54, 1.807) is 0 Å². The van der Waals surface area contributed by atoms with Crippen molar-refractivity contribution < 1.29 is 4.74 Å². The summed E-state index contributed by atoms with van der Waals surface area (Å²) in [7, 11) is 1.81. The van der Waals surface area contributed by atoms with Gasteiger partial charge >= 0.3 is 0 Å². The predicted octanol–water partition coefficient (Wildman–Crippen LogP) is 4.17. The van der Waals surface area contributed by atoms with Crippen molar-refractivity contribution in [3.8, 4) is 0 Å². The standard InChI is InChI=1S/C15H25IN2O/c1-13-14(16)11-17-18(13)12-15(9-10-19-2)7-5-3-4-6-8-15/h11H,3-10,12H2,1-2H3. The van der Waals surface area contributed by atoms with Crippen LogP contribution < -0.4 is 0 Å². The first-order chi connectivity index (χ1) is 9.17. The lowest BCUT2D eigenvalue weighted by Gasteiger charge is -2.33. The van der Waals surface area contributed by atoms with Crippen molar-refractivity contribution in [3.63, 3.8) is 0 Å². The van der Waals surface area contributed by atoms with Crippen molar-refractivity contribution in [1.82, 2.24) is 9.78 Å². The van der Waals surface area contributed by atoms with Gasteiger partial charge in [-0.3, -0.25) is 4.68 Å². The van der Waals surface area contributed by atoms with E-state index in [9.17, 15) is 0 Å². The smallest absolute Gasteiger partial charge is 0.0626 e. The maximum atomic E-state index is 5.35. The molecular weight excluding hydrogens is 351 g/mol. The van der Waals surface area contributed by atoms with E-state index in [4.69, 9.17) is 4.74 Å². The second-order valence-electron chi connectivity index (χ2n) is 5.89. The topological polar surface area (TPSA) is 27.1 Å². The van der Waals surface area contributed by atoms with Crippen molar-refractivity contribution in [2.75, 3.05) is 13.7 Å². The molecule has 0 aliphatic heterocycles. The Kier molecular flexibility index (Phi) is 5.69. The number of aromatic nitrogens is 2. The fourth-order valence-electron chi connectivity index (χ4n) is 3.19. The molecule has 1 aromatic heterocycles. The Morgan fingerprint density at radius 3 is 2.53 bits per heavy atom. The van der Waals surface area contributed by atoms with Crippen molar-refractivity contribution >= 4 is 22.6 Å². The second kappa shape index (κ2) is 7.07. The molecule has 0 amide bonds. The van der Waals surface area contributed by atoms with Gasteiger partial charge in [-0.2, -0.15) is 5.10 Å². The maximum Gasteiger partial charge on any atom is 0.0626 e. The van der Waals surface area contributed by atoms with E-state index in [1.807, 2.05) is 13.3 Å². The van der Waals surface area contributed by atoms with E-state index in [1.165, 1.54) is 54.2 Å². The number of ether oxygens (including phenoxy) is 1. The summed E-state index contributed by atoms with van der Waals surface area (Å²) in [5.74, 6) is 0. The number of rotatable bonds is 5. The first kappa shape index (κ1) is 15.3. The summed E-state index contributed by atoms with van der Waals surface area (Å²) < 4.78 is 8.83. The van der Waals surface area contributed by atoms with Crippen molar-refractivity contribution in [2.45, 2.75) is 58.4 Å². The van der Waals surface area contributed by atoms with Crippen LogP contribution in [0.25, 0.3) is 0 Å². The third-order valence-electron chi connectivity index (χ3n) is 4.53. The molecule has 0 radical (unpaired) electrons. The van der Waals surface area contributed by atoms with Crippen LogP contribution in [0.15, 0.2) is 6.20 Å². The molecule has 108 valence electrons. The average Bonchev–Trinajstić information content (AvgIpc) is 2.63. The first-order valence-electron chi connectivity index (χ1n) is 7.34. The zero-order chi connectivity index (χ0) is 13.7. The molecular formula is C15H25IN2O. The van der Waals surface area contributed by atoms with E-state index < -0.39 is 0 Å². The average molecular weight is 376 g/mol. The minimum atomic E-state index is 0.395. The molecule has 0 atom stereocenters. The predicted molar refractivity (Wildman–Crippen MR) is 86.3 cm³/mol. The second-order valence-corrected chi connectivity index (χ2v) is 7.05. The SMILES string of the molecule is COCCC1(Cn2ncc(I)c2C)CCCCCC1. The van der Waals surface area contributed by atoms with Crippen LogP contribution in [0.4, 0.5) is 0 Å². The zero-order valence-corrected chi connectivity index (χ0v) is 14.3. The maximum absolute atomic E-state index is 5.35. The van der Waals surface area contributed by atoms with Gasteiger partial charge in [0.05, 0.1) is 9.77 Å². The molecule has 1 heterocycles. The lowest BCUT2D eigenvalue weighted by molar-refractivity contribution is 0.103.